The lowest BCUT2D eigenvalue weighted by molar-refractivity contribution is 0.258. The molecule has 1 fully saturated rings. The molecule has 0 aromatic heterocycles. The lowest BCUT2D eigenvalue weighted by Crippen LogP contribution is -2.28. The second kappa shape index (κ2) is 7.87. The summed E-state index contributed by atoms with van der Waals surface area (Å²) in [6, 6.07) is 7.02. The van der Waals surface area contributed by atoms with Gasteiger partial charge in [0.25, 0.3) is 0 Å². The number of halogens is 1. The predicted octanol–water partition coefficient (Wildman–Crippen LogP) is 4.38. The fourth-order valence-corrected chi connectivity index (χ4v) is 2.91. The number of likely N-dealkylation sites (tertiary alicyclic amines) is 1. The minimum Gasteiger partial charge on any atom is -0.350 e. The topological polar surface area (TPSA) is 28.0 Å². The monoisotopic (exact) mass is 301 g/mol. The number of hydrogen-bond acceptors (Lipinski definition) is 3. The number of aliphatic imine (C=N–C) groups is 2. The number of hydrogen-bond donors (Lipinski definition) is 0. The summed E-state index contributed by atoms with van der Waals surface area (Å²) < 4.78 is 13.6. The molecule has 1 aliphatic heterocycles. The molecular weight excluding hydrogens is 277 g/mol. The summed E-state index contributed by atoms with van der Waals surface area (Å²) in [5.41, 5.74) is 1.91. The van der Waals surface area contributed by atoms with Gasteiger partial charge >= 0.3 is 0 Å². The molecule has 1 heterocycles. The van der Waals surface area contributed by atoms with E-state index in [-0.39, 0.29) is 11.9 Å². The molecule has 0 radical (unpaired) electrons. The Morgan fingerprint density at radius 1 is 1.36 bits per heavy atom. The van der Waals surface area contributed by atoms with Crippen LogP contribution in [0.25, 0.3) is 0 Å². The Kier molecular flexibility index (Phi) is 5.87. The average molecular weight is 301 g/mol. The molecule has 0 amide bonds. The van der Waals surface area contributed by atoms with Crippen LogP contribution in [0.15, 0.2) is 46.1 Å². The molecule has 118 valence electrons. The third kappa shape index (κ3) is 4.03. The van der Waals surface area contributed by atoms with Crippen molar-refractivity contribution in [2.24, 2.45) is 9.98 Å². The number of benzene rings is 1. The largest absolute Gasteiger partial charge is 0.350 e. The van der Waals surface area contributed by atoms with Crippen molar-refractivity contribution in [3.05, 3.63) is 47.5 Å². The van der Waals surface area contributed by atoms with Gasteiger partial charge in [-0.05, 0) is 44.2 Å². The van der Waals surface area contributed by atoms with Crippen LogP contribution >= 0.6 is 0 Å². The lowest BCUT2D eigenvalue weighted by Gasteiger charge is -2.32. The van der Waals surface area contributed by atoms with E-state index >= 15 is 0 Å². The van der Waals surface area contributed by atoms with Crippen molar-refractivity contribution in [2.75, 3.05) is 13.6 Å². The first kappa shape index (κ1) is 16.4. The van der Waals surface area contributed by atoms with E-state index in [4.69, 9.17) is 0 Å². The molecule has 3 nitrogen and oxygen atoms in total. The van der Waals surface area contributed by atoms with Gasteiger partial charge in [-0.15, -0.1) is 0 Å². The zero-order chi connectivity index (χ0) is 15.9. The van der Waals surface area contributed by atoms with Gasteiger partial charge in [-0.25, -0.2) is 9.38 Å². The SMILES string of the molecule is C=N/C(=C\C(C)=NC)N1CCCCCC1c1cccc(F)c1. The lowest BCUT2D eigenvalue weighted by atomic mass is 10.0. The summed E-state index contributed by atoms with van der Waals surface area (Å²) in [7, 11) is 1.76. The molecule has 0 bridgehead atoms. The Labute approximate surface area is 132 Å². The highest BCUT2D eigenvalue weighted by Gasteiger charge is 2.24. The predicted molar refractivity (Wildman–Crippen MR) is 91.0 cm³/mol. The van der Waals surface area contributed by atoms with Crippen molar-refractivity contribution in [1.29, 1.82) is 0 Å². The van der Waals surface area contributed by atoms with Crippen LogP contribution in [0.1, 0.15) is 44.2 Å². The minimum absolute atomic E-state index is 0.139. The summed E-state index contributed by atoms with van der Waals surface area (Å²) >= 11 is 0. The molecule has 2 rings (SSSR count). The van der Waals surface area contributed by atoms with E-state index in [2.05, 4.69) is 21.6 Å². The third-order valence-electron chi connectivity index (χ3n) is 4.13. The second-order valence-corrected chi connectivity index (χ2v) is 5.64. The van der Waals surface area contributed by atoms with E-state index in [1.165, 1.54) is 12.5 Å². The second-order valence-electron chi connectivity index (χ2n) is 5.64. The van der Waals surface area contributed by atoms with Crippen LogP contribution in [-0.4, -0.2) is 30.9 Å². The van der Waals surface area contributed by atoms with Gasteiger partial charge in [-0.3, -0.25) is 4.99 Å². The maximum absolute atomic E-state index is 13.6. The molecule has 4 heteroatoms. The normalized spacial score (nSPS) is 20.7. The molecule has 1 aromatic rings. The van der Waals surface area contributed by atoms with Crippen LogP contribution in [0.4, 0.5) is 4.39 Å². The van der Waals surface area contributed by atoms with Gasteiger partial charge in [-0.2, -0.15) is 0 Å². The van der Waals surface area contributed by atoms with Gasteiger partial charge in [-0.1, -0.05) is 25.0 Å². The van der Waals surface area contributed by atoms with Crippen LogP contribution < -0.4 is 0 Å². The first-order valence-corrected chi connectivity index (χ1v) is 7.79. The molecule has 1 atom stereocenters. The zero-order valence-corrected chi connectivity index (χ0v) is 13.4. The van der Waals surface area contributed by atoms with Crippen molar-refractivity contribution < 1.29 is 4.39 Å². The van der Waals surface area contributed by atoms with Crippen LogP contribution in [0.5, 0.6) is 0 Å². The fourth-order valence-electron chi connectivity index (χ4n) is 2.91. The molecule has 22 heavy (non-hydrogen) atoms. The minimum atomic E-state index is -0.190. The van der Waals surface area contributed by atoms with Crippen LogP contribution in [0.3, 0.4) is 0 Å². The van der Waals surface area contributed by atoms with Crippen molar-refractivity contribution in [3.63, 3.8) is 0 Å². The van der Waals surface area contributed by atoms with Crippen molar-refractivity contribution in [2.45, 2.75) is 38.6 Å². The molecule has 1 unspecified atom stereocenters. The van der Waals surface area contributed by atoms with Gasteiger partial charge in [0.1, 0.15) is 11.6 Å². The molecule has 1 saturated heterocycles. The Morgan fingerprint density at radius 3 is 2.86 bits per heavy atom. The summed E-state index contributed by atoms with van der Waals surface area (Å²) in [6.45, 7) is 6.56. The Hall–Kier alpha value is -1.97. The van der Waals surface area contributed by atoms with E-state index in [1.807, 2.05) is 19.1 Å². The maximum atomic E-state index is 13.6. The molecule has 1 aliphatic rings. The van der Waals surface area contributed by atoms with Crippen LogP contribution in [0, 0.1) is 5.82 Å². The number of rotatable bonds is 4. The first-order valence-electron chi connectivity index (χ1n) is 7.79. The molecule has 0 N–H and O–H groups in total. The summed E-state index contributed by atoms with van der Waals surface area (Å²) in [5, 5.41) is 0. The summed E-state index contributed by atoms with van der Waals surface area (Å²) in [5.74, 6) is 0.629. The van der Waals surface area contributed by atoms with E-state index in [9.17, 15) is 4.39 Å². The third-order valence-corrected chi connectivity index (χ3v) is 4.13. The average Bonchev–Trinajstić information content (AvgIpc) is 2.78. The molecule has 0 saturated carbocycles. The van der Waals surface area contributed by atoms with E-state index in [1.54, 1.807) is 19.2 Å². The van der Waals surface area contributed by atoms with Crippen molar-refractivity contribution in [3.8, 4) is 0 Å². The molecular formula is C18H24FN3. The van der Waals surface area contributed by atoms with Crippen LogP contribution in [-0.2, 0) is 0 Å². The highest BCUT2D eigenvalue weighted by molar-refractivity contribution is 5.93. The van der Waals surface area contributed by atoms with Gasteiger partial charge in [0.2, 0.25) is 0 Å². The van der Waals surface area contributed by atoms with Crippen molar-refractivity contribution in [1.82, 2.24) is 4.90 Å². The Balaban J connectivity index is 2.39. The zero-order valence-electron chi connectivity index (χ0n) is 13.4. The summed E-state index contributed by atoms with van der Waals surface area (Å²) in [4.78, 5) is 10.6. The first-order chi connectivity index (χ1) is 10.7. The maximum Gasteiger partial charge on any atom is 0.130 e. The standard InChI is InChI=1S/C18H24FN3/c1-14(20-2)12-18(21-3)22-11-6-4-5-10-17(22)15-8-7-9-16(19)13-15/h7-9,12-13,17H,3-6,10-11H2,1-2H3/b18-12+,20-14?. The number of allylic oxidation sites excluding steroid dienone is 1. The van der Waals surface area contributed by atoms with Gasteiger partial charge in [0.15, 0.2) is 0 Å². The fraction of sp³-hybridized carbons (Fsp3) is 0.444. The Bertz CT molecular complexity index is 577. The summed E-state index contributed by atoms with van der Waals surface area (Å²) in [6.07, 6.45) is 6.39. The van der Waals surface area contributed by atoms with E-state index < -0.39 is 0 Å². The Morgan fingerprint density at radius 2 is 2.18 bits per heavy atom. The molecule has 0 spiro atoms. The van der Waals surface area contributed by atoms with Crippen LogP contribution in [0.2, 0.25) is 0 Å². The number of nitrogens with zero attached hydrogens (tertiary/aromatic N) is 3. The quantitative estimate of drug-likeness (QED) is 0.759. The highest BCUT2D eigenvalue weighted by Crippen LogP contribution is 2.33. The highest BCUT2D eigenvalue weighted by atomic mass is 19.1. The van der Waals surface area contributed by atoms with Crippen molar-refractivity contribution >= 4 is 12.4 Å². The smallest absolute Gasteiger partial charge is 0.130 e. The van der Waals surface area contributed by atoms with Gasteiger partial charge in [0, 0.05) is 25.4 Å². The van der Waals surface area contributed by atoms with Gasteiger partial charge in [0.05, 0.1) is 6.04 Å². The van der Waals surface area contributed by atoms with Gasteiger partial charge < -0.3 is 4.90 Å². The molecule has 1 aromatic carbocycles. The molecule has 0 aliphatic carbocycles. The van der Waals surface area contributed by atoms with E-state index in [0.29, 0.717) is 0 Å². The van der Waals surface area contributed by atoms with E-state index in [0.717, 1.165) is 42.9 Å².